The van der Waals surface area contributed by atoms with Crippen molar-refractivity contribution in [2.75, 3.05) is 11.5 Å². The van der Waals surface area contributed by atoms with E-state index in [0.29, 0.717) is 0 Å². The monoisotopic (exact) mass is 264 g/mol. The molecule has 0 saturated heterocycles. The van der Waals surface area contributed by atoms with Gasteiger partial charge in [0, 0.05) is 4.83 Å². The first-order valence-corrected chi connectivity index (χ1v) is 7.63. The molecular weight excluding hydrogens is 244 g/mol. The van der Waals surface area contributed by atoms with Gasteiger partial charge in [-0.15, -0.1) is 0 Å². The predicted octanol–water partition coefficient (Wildman–Crippen LogP) is 4.47. The first-order chi connectivity index (χ1) is 6.34. The minimum Gasteiger partial charge on any atom is -0.162 e. The van der Waals surface area contributed by atoms with Crippen LogP contribution < -0.4 is 0 Å². The van der Waals surface area contributed by atoms with E-state index in [9.17, 15) is 0 Å². The van der Waals surface area contributed by atoms with Gasteiger partial charge in [-0.05, 0) is 43.1 Å². The van der Waals surface area contributed by atoms with Gasteiger partial charge in [-0.1, -0.05) is 35.7 Å². The molecule has 0 N–H and O–H groups in total. The molecule has 1 fully saturated rings. The Morgan fingerprint density at radius 1 is 1.38 bits per heavy atom. The smallest absolute Gasteiger partial charge is 0.0174 e. The molecule has 0 aromatic heterocycles. The van der Waals surface area contributed by atoms with Gasteiger partial charge in [-0.25, -0.2) is 0 Å². The van der Waals surface area contributed by atoms with Crippen LogP contribution in [0.1, 0.15) is 45.4 Å². The van der Waals surface area contributed by atoms with E-state index in [4.69, 9.17) is 0 Å². The van der Waals surface area contributed by atoms with E-state index in [1.807, 2.05) is 0 Å². The fraction of sp³-hybridized carbons (Fsp3) is 1.00. The summed E-state index contributed by atoms with van der Waals surface area (Å²) in [6.45, 7) is 2.24. The van der Waals surface area contributed by atoms with Gasteiger partial charge >= 0.3 is 0 Å². The zero-order valence-electron chi connectivity index (χ0n) is 8.60. The largest absolute Gasteiger partial charge is 0.162 e. The first kappa shape index (κ1) is 11.9. The Balaban J connectivity index is 1.99. The van der Waals surface area contributed by atoms with Crippen LogP contribution in [-0.2, 0) is 0 Å². The molecule has 0 spiro atoms. The van der Waals surface area contributed by atoms with Gasteiger partial charge in [0.2, 0.25) is 0 Å². The van der Waals surface area contributed by atoms with E-state index in [0.717, 1.165) is 10.7 Å². The third kappa shape index (κ3) is 4.73. The summed E-state index contributed by atoms with van der Waals surface area (Å²) in [4.78, 5) is 0.812. The molecule has 1 unspecified atom stereocenters. The van der Waals surface area contributed by atoms with Crippen LogP contribution in [0.5, 0.6) is 0 Å². The number of hydrogen-bond donors (Lipinski definition) is 0. The Morgan fingerprint density at radius 3 is 2.69 bits per heavy atom. The third-order valence-electron chi connectivity index (χ3n) is 2.88. The number of thioether (sulfide) groups is 1. The van der Waals surface area contributed by atoms with Crippen LogP contribution in [0.2, 0.25) is 0 Å². The average molecular weight is 265 g/mol. The molecule has 0 radical (unpaired) electrons. The van der Waals surface area contributed by atoms with Gasteiger partial charge in [-0.2, -0.15) is 11.8 Å². The zero-order chi connectivity index (χ0) is 9.52. The normalized spacial score (nSPS) is 20.8. The molecular formula is C11H21BrS. The minimum atomic E-state index is 0.812. The highest BCUT2D eigenvalue weighted by molar-refractivity contribution is 9.09. The number of rotatable bonds is 6. The molecule has 1 rings (SSSR count). The third-order valence-corrected chi connectivity index (χ3v) is 5.08. The van der Waals surface area contributed by atoms with Gasteiger partial charge in [0.1, 0.15) is 0 Å². The van der Waals surface area contributed by atoms with Crippen LogP contribution in [0.3, 0.4) is 0 Å². The maximum atomic E-state index is 3.85. The van der Waals surface area contributed by atoms with Crippen molar-refractivity contribution >= 4 is 27.7 Å². The van der Waals surface area contributed by atoms with Crippen LogP contribution in [0.25, 0.3) is 0 Å². The second-order valence-corrected chi connectivity index (χ2v) is 6.47. The summed E-state index contributed by atoms with van der Waals surface area (Å²) in [7, 11) is 0. The van der Waals surface area contributed by atoms with Crippen LogP contribution in [0, 0.1) is 5.92 Å². The second-order valence-electron chi connectivity index (χ2n) is 3.90. The van der Waals surface area contributed by atoms with E-state index in [-0.39, 0.29) is 0 Å². The molecule has 78 valence electrons. The summed E-state index contributed by atoms with van der Waals surface area (Å²) in [5.41, 5.74) is 0. The van der Waals surface area contributed by atoms with Crippen molar-refractivity contribution in [3.63, 3.8) is 0 Å². The van der Waals surface area contributed by atoms with Crippen molar-refractivity contribution in [1.82, 2.24) is 0 Å². The Kier molecular flexibility index (Phi) is 6.56. The molecule has 0 aromatic carbocycles. The quantitative estimate of drug-likeness (QED) is 0.504. The van der Waals surface area contributed by atoms with Crippen molar-refractivity contribution in [3.05, 3.63) is 0 Å². The highest BCUT2D eigenvalue weighted by atomic mass is 79.9. The lowest BCUT2D eigenvalue weighted by Crippen LogP contribution is -2.10. The van der Waals surface area contributed by atoms with Gasteiger partial charge in [0.15, 0.2) is 0 Å². The molecule has 1 atom stereocenters. The second kappa shape index (κ2) is 7.17. The molecule has 0 bridgehead atoms. The number of alkyl halides is 1. The molecule has 0 nitrogen and oxygen atoms in total. The molecule has 1 aliphatic rings. The summed E-state index contributed by atoms with van der Waals surface area (Å²) in [6, 6.07) is 0. The van der Waals surface area contributed by atoms with Crippen LogP contribution >= 0.6 is 27.7 Å². The molecule has 0 heterocycles. The summed E-state index contributed by atoms with van der Waals surface area (Å²) >= 11 is 5.92. The molecule has 1 saturated carbocycles. The van der Waals surface area contributed by atoms with Crippen molar-refractivity contribution in [1.29, 1.82) is 0 Å². The SMILES string of the molecule is CCSCCCC(Br)C1CCCC1. The average Bonchev–Trinajstić information content (AvgIpc) is 2.65. The van der Waals surface area contributed by atoms with Crippen molar-refractivity contribution < 1.29 is 0 Å². The van der Waals surface area contributed by atoms with Gasteiger partial charge in [0.05, 0.1) is 0 Å². The van der Waals surface area contributed by atoms with Crippen LogP contribution in [0.4, 0.5) is 0 Å². The Morgan fingerprint density at radius 2 is 2.08 bits per heavy atom. The predicted molar refractivity (Wildman–Crippen MR) is 66.9 cm³/mol. The Bertz CT molecular complexity index is 121. The van der Waals surface area contributed by atoms with Crippen LogP contribution in [-0.4, -0.2) is 16.3 Å². The van der Waals surface area contributed by atoms with Crippen molar-refractivity contribution in [2.24, 2.45) is 5.92 Å². The molecule has 0 aliphatic heterocycles. The first-order valence-electron chi connectivity index (χ1n) is 5.56. The Hall–Kier alpha value is 0.830. The standard InChI is InChI=1S/C11H21BrS/c1-2-13-9-5-8-11(12)10-6-3-4-7-10/h10-11H,2-9H2,1H3. The van der Waals surface area contributed by atoms with E-state index in [1.165, 1.54) is 50.0 Å². The lowest BCUT2D eigenvalue weighted by molar-refractivity contribution is 0.503. The molecule has 13 heavy (non-hydrogen) atoms. The zero-order valence-corrected chi connectivity index (χ0v) is 11.0. The molecule has 2 heteroatoms. The maximum Gasteiger partial charge on any atom is 0.0174 e. The highest BCUT2D eigenvalue weighted by Crippen LogP contribution is 2.33. The molecule has 0 amide bonds. The maximum absolute atomic E-state index is 3.85. The highest BCUT2D eigenvalue weighted by Gasteiger charge is 2.21. The van der Waals surface area contributed by atoms with Crippen molar-refractivity contribution in [2.45, 2.75) is 50.3 Å². The van der Waals surface area contributed by atoms with Gasteiger partial charge < -0.3 is 0 Å². The van der Waals surface area contributed by atoms with Crippen molar-refractivity contribution in [3.8, 4) is 0 Å². The number of halogens is 1. The number of hydrogen-bond acceptors (Lipinski definition) is 1. The fourth-order valence-corrected chi connectivity index (χ4v) is 3.59. The van der Waals surface area contributed by atoms with E-state index >= 15 is 0 Å². The summed E-state index contributed by atoms with van der Waals surface area (Å²) in [5, 5.41) is 0. The van der Waals surface area contributed by atoms with Gasteiger partial charge in [0.25, 0.3) is 0 Å². The fourth-order valence-electron chi connectivity index (χ4n) is 2.08. The molecule has 0 aromatic rings. The summed E-state index contributed by atoms with van der Waals surface area (Å²) in [5.74, 6) is 3.62. The topological polar surface area (TPSA) is 0 Å². The Labute approximate surface area is 95.4 Å². The van der Waals surface area contributed by atoms with E-state index < -0.39 is 0 Å². The summed E-state index contributed by atoms with van der Waals surface area (Å²) < 4.78 is 0. The summed E-state index contributed by atoms with van der Waals surface area (Å²) in [6.07, 6.45) is 8.66. The minimum absolute atomic E-state index is 0.812. The molecule has 1 aliphatic carbocycles. The van der Waals surface area contributed by atoms with E-state index in [1.54, 1.807) is 0 Å². The van der Waals surface area contributed by atoms with Crippen LogP contribution in [0.15, 0.2) is 0 Å². The lowest BCUT2D eigenvalue weighted by atomic mass is 10.0. The lowest BCUT2D eigenvalue weighted by Gasteiger charge is -2.16. The van der Waals surface area contributed by atoms with E-state index in [2.05, 4.69) is 34.6 Å². The van der Waals surface area contributed by atoms with Gasteiger partial charge in [-0.3, -0.25) is 0 Å².